The van der Waals surface area contributed by atoms with Crippen LogP contribution in [-0.4, -0.2) is 53.4 Å². The highest BCUT2D eigenvalue weighted by molar-refractivity contribution is 6.31. The van der Waals surface area contributed by atoms with Gasteiger partial charge in [-0.25, -0.2) is 4.68 Å². The summed E-state index contributed by atoms with van der Waals surface area (Å²) in [5.41, 5.74) is 1.15. The summed E-state index contributed by atoms with van der Waals surface area (Å²) in [4.78, 5) is 3.12. The molecule has 1 saturated heterocycles. The van der Waals surface area contributed by atoms with Crippen molar-refractivity contribution < 1.29 is 9.80 Å². The molecule has 1 aliphatic heterocycles. The number of likely N-dealkylation sites (N-methyl/N-ethyl adjacent to an activating group) is 1. The minimum atomic E-state index is 0.105. The van der Waals surface area contributed by atoms with Gasteiger partial charge in [0.05, 0.1) is 18.1 Å². The lowest BCUT2D eigenvalue weighted by Crippen LogP contribution is -3.27. The van der Waals surface area contributed by atoms with Crippen LogP contribution in [0.15, 0.2) is 24.3 Å². The van der Waals surface area contributed by atoms with Gasteiger partial charge in [0.15, 0.2) is 6.04 Å². The van der Waals surface area contributed by atoms with E-state index < -0.39 is 0 Å². The molecule has 6 nitrogen and oxygen atoms in total. The van der Waals surface area contributed by atoms with Crippen LogP contribution in [0.4, 0.5) is 0 Å². The second-order valence-electron chi connectivity index (χ2n) is 7.84. The average molecular weight is 377 g/mol. The van der Waals surface area contributed by atoms with E-state index in [-0.39, 0.29) is 6.04 Å². The molecule has 26 heavy (non-hydrogen) atoms. The molecule has 0 spiro atoms. The van der Waals surface area contributed by atoms with E-state index in [9.17, 15) is 0 Å². The van der Waals surface area contributed by atoms with E-state index in [0.717, 1.165) is 29.5 Å². The van der Waals surface area contributed by atoms with Crippen LogP contribution < -0.4 is 9.80 Å². The zero-order valence-electron chi connectivity index (χ0n) is 15.5. The third kappa shape index (κ3) is 3.63. The van der Waals surface area contributed by atoms with E-state index in [0.29, 0.717) is 6.04 Å². The van der Waals surface area contributed by atoms with E-state index in [1.165, 1.54) is 50.1 Å². The zero-order chi connectivity index (χ0) is 17.9. The standard InChI is InChI=1S/C19H27ClN6/c1-24-11-13-25(14-12-24)18(16-9-5-6-10-17(16)20)19-21-22-23-26(19)15-7-3-2-4-8-15/h5-6,9-10,15,18H,2-4,7-8,11-14H2,1H3/p+2/t18-/m1/s1. The number of halogens is 1. The van der Waals surface area contributed by atoms with E-state index >= 15 is 0 Å². The predicted molar refractivity (Wildman–Crippen MR) is 101 cm³/mol. The Hall–Kier alpha value is -1.50. The van der Waals surface area contributed by atoms with Gasteiger partial charge in [-0.2, -0.15) is 0 Å². The van der Waals surface area contributed by atoms with Crippen molar-refractivity contribution in [2.24, 2.45) is 0 Å². The average Bonchev–Trinajstić information content (AvgIpc) is 3.15. The van der Waals surface area contributed by atoms with Gasteiger partial charge in [0.25, 0.3) is 0 Å². The van der Waals surface area contributed by atoms with Crippen molar-refractivity contribution in [3.8, 4) is 0 Å². The number of hydrogen-bond acceptors (Lipinski definition) is 3. The van der Waals surface area contributed by atoms with Crippen molar-refractivity contribution in [1.29, 1.82) is 0 Å². The topological polar surface area (TPSA) is 52.5 Å². The summed E-state index contributed by atoms with van der Waals surface area (Å²) >= 11 is 6.63. The fourth-order valence-corrected chi connectivity index (χ4v) is 4.76. The van der Waals surface area contributed by atoms with Gasteiger partial charge in [0.2, 0.25) is 5.82 Å². The summed E-state index contributed by atoms with van der Waals surface area (Å²) in [6, 6.07) is 8.73. The minimum Gasteiger partial charge on any atom is -0.328 e. The second kappa shape index (κ2) is 8.03. The first kappa shape index (κ1) is 17.9. The van der Waals surface area contributed by atoms with Gasteiger partial charge in [-0.05, 0) is 29.3 Å². The predicted octanol–water partition coefficient (Wildman–Crippen LogP) is 0.334. The fraction of sp³-hybridized carbons (Fsp3) is 0.632. The van der Waals surface area contributed by atoms with Crippen molar-refractivity contribution in [2.75, 3.05) is 33.2 Å². The first-order valence-electron chi connectivity index (χ1n) is 9.92. The van der Waals surface area contributed by atoms with Gasteiger partial charge in [-0.15, -0.1) is 5.10 Å². The Balaban J connectivity index is 1.72. The van der Waals surface area contributed by atoms with E-state index in [1.807, 2.05) is 12.1 Å². The molecular weight excluding hydrogens is 348 g/mol. The Bertz CT molecular complexity index is 718. The molecule has 0 unspecified atom stereocenters. The minimum absolute atomic E-state index is 0.105. The monoisotopic (exact) mass is 376 g/mol. The van der Waals surface area contributed by atoms with Gasteiger partial charge in [-0.1, -0.05) is 49.1 Å². The highest BCUT2D eigenvalue weighted by atomic mass is 35.5. The highest BCUT2D eigenvalue weighted by Crippen LogP contribution is 2.31. The Morgan fingerprint density at radius 2 is 1.81 bits per heavy atom. The molecule has 0 radical (unpaired) electrons. The van der Waals surface area contributed by atoms with Gasteiger partial charge in [-0.3, -0.25) is 0 Å². The third-order valence-corrected chi connectivity index (χ3v) is 6.41. The molecular formula is C19H29ClN6+2. The smallest absolute Gasteiger partial charge is 0.214 e. The second-order valence-corrected chi connectivity index (χ2v) is 8.25. The molecule has 1 aromatic carbocycles. The van der Waals surface area contributed by atoms with Gasteiger partial charge in [0, 0.05) is 5.56 Å². The van der Waals surface area contributed by atoms with Crippen molar-refractivity contribution in [3.63, 3.8) is 0 Å². The molecule has 1 aliphatic carbocycles. The van der Waals surface area contributed by atoms with Crippen molar-refractivity contribution in [2.45, 2.75) is 44.2 Å². The van der Waals surface area contributed by atoms with Crippen LogP contribution >= 0.6 is 11.6 Å². The summed E-state index contributed by atoms with van der Waals surface area (Å²) in [5, 5.41) is 13.8. The summed E-state index contributed by atoms with van der Waals surface area (Å²) in [6.45, 7) is 4.56. The molecule has 4 rings (SSSR count). The zero-order valence-corrected chi connectivity index (χ0v) is 16.3. The van der Waals surface area contributed by atoms with Crippen molar-refractivity contribution >= 4 is 11.6 Å². The van der Waals surface area contributed by atoms with Crippen molar-refractivity contribution in [1.82, 2.24) is 20.2 Å². The lowest BCUT2D eigenvalue weighted by molar-refractivity contribution is -1.02. The van der Waals surface area contributed by atoms with E-state index in [1.54, 1.807) is 4.90 Å². The van der Waals surface area contributed by atoms with E-state index in [2.05, 4.69) is 39.4 Å². The molecule has 1 atom stereocenters. The van der Waals surface area contributed by atoms with Gasteiger partial charge >= 0.3 is 0 Å². The Labute approximate surface area is 160 Å². The largest absolute Gasteiger partial charge is 0.328 e. The normalized spacial score (nSPS) is 25.9. The number of nitrogens with zero attached hydrogens (tertiary/aromatic N) is 4. The number of rotatable bonds is 4. The molecule has 1 saturated carbocycles. The highest BCUT2D eigenvalue weighted by Gasteiger charge is 2.37. The molecule has 2 N–H and O–H groups in total. The Kier molecular flexibility index (Phi) is 5.52. The van der Waals surface area contributed by atoms with Gasteiger partial charge < -0.3 is 9.80 Å². The molecule has 7 heteroatoms. The first-order chi connectivity index (χ1) is 12.7. The first-order valence-corrected chi connectivity index (χ1v) is 10.3. The summed E-state index contributed by atoms with van der Waals surface area (Å²) in [7, 11) is 2.27. The fourth-order valence-electron chi connectivity index (χ4n) is 4.51. The number of tetrazole rings is 1. The van der Waals surface area contributed by atoms with E-state index in [4.69, 9.17) is 11.6 Å². The van der Waals surface area contributed by atoms with Gasteiger partial charge in [0.1, 0.15) is 26.2 Å². The molecule has 0 amide bonds. The summed E-state index contributed by atoms with van der Waals surface area (Å²) in [6.07, 6.45) is 6.22. The number of piperazine rings is 1. The lowest BCUT2D eigenvalue weighted by Gasteiger charge is -2.34. The maximum Gasteiger partial charge on any atom is 0.214 e. The number of aromatic nitrogens is 4. The summed E-state index contributed by atoms with van der Waals surface area (Å²) in [5.74, 6) is 0.986. The lowest BCUT2D eigenvalue weighted by atomic mass is 9.95. The van der Waals surface area contributed by atoms with Crippen LogP contribution in [0.3, 0.4) is 0 Å². The summed E-state index contributed by atoms with van der Waals surface area (Å²) < 4.78 is 2.12. The number of nitrogens with one attached hydrogen (secondary N) is 2. The van der Waals surface area contributed by atoms with Crippen LogP contribution in [0.5, 0.6) is 0 Å². The van der Waals surface area contributed by atoms with Crippen LogP contribution in [0, 0.1) is 0 Å². The third-order valence-electron chi connectivity index (χ3n) is 6.07. The molecule has 0 bridgehead atoms. The van der Waals surface area contributed by atoms with Crippen molar-refractivity contribution in [3.05, 3.63) is 40.7 Å². The molecule has 140 valence electrons. The SMILES string of the molecule is C[NH+]1CC[NH+]([C@H](c2ccccc2Cl)c2nnnn2C2CCCCC2)CC1. The maximum atomic E-state index is 6.63. The van der Waals surface area contributed by atoms with Crippen LogP contribution in [0.2, 0.25) is 5.02 Å². The number of benzene rings is 1. The molecule has 2 aromatic rings. The molecule has 2 aliphatic rings. The number of hydrogen-bond donors (Lipinski definition) is 2. The Morgan fingerprint density at radius 1 is 1.08 bits per heavy atom. The quantitative estimate of drug-likeness (QED) is 0.808. The Morgan fingerprint density at radius 3 is 2.54 bits per heavy atom. The maximum absolute atomic E-state index is 6.63. The molecule has 2 heterocycles. The van der Waals surface area contributed by atoms with Crippen LogP contribution in [0.25, 0.3) is 0 Å². The van der Waals surface area contributed by atoms with Crippen LogP contribution in [-0.2, 0) is 0 Å². The molecule has 1 aromatic heterocycles. The molecule has 2 fully saturated rings. The van der Waals surface area contributed by atoms with Crippen LogP contribution in [0.1, 0.15) is 55.6 Å². The number of quaternary nitrogens is 2.